The van der Waals surface area contributed by atoms with Gasteiger partial charge in [0.2, 0.25) is 5.75 Å². The van der Waals surface area contributed by atoms with E-state index in [2.05, 4.69) is 52.8 Å². The molecule has 3 rings (SSSR count). The highest BCUT2D eigenvalue weighted by atomic mass is 16.5. The number of guanidine groups is 1. The van der Waals surface area contributed by atoms with Crippen LogP contribution in [-0.2, 0) is 13.1 Å². The topological polar surface area (TPSA) is 67.4 Å². The Morgan fingerprint density at radius 1 is 0.969 bits per heavy atom. The van der Waals surface area contributed by atoms with Crippen molar-refractivity contribution in [3.05, 3.63) is 53.6 Å². The van der Waals surface area contributed by atoms with E-state index in [4.69, 9.17) is 19.2 Å². The van der Waals surface area contributed by atoms with Crippen LogP contribution >= 0.6 is 0 Å². The van der Waals surface area contributed by atoms with E-state index in [1.54, 1.807) is 21.3 Å². The van der Waals surface area contributed by atoms with Crippen LogP contribution < -0.4 is 24.8 Å². The average Bonchev–Trinajstić information content (AvgIpc) is 2.83. The first-order valence-electron chi connectivity index (χ1n) is 11.3. The van der Waals surface area contributed by atoms with Gasteiger partial charge in [-0.25, -0.2) is 4.99 Å². The minimum absolute atomic E-state index is 0.409. The number of benzene rings is 2. The SMILES string of the molecule is CCNC(=NCc1ccc(OC)c(OC)c1OC)NC1CCN(Cc2ccccc2)CC1. The van der Waals surface area contributed by atoms with Crippen LogP contribution in [0.15, 0.2) is 47.5 Å². The van der Waals surface area contributed by atoms with Crippen molar-refractivity contribution in [3.8, 4) is 17.2 Å². The third kappa shape index (κ3) is 6.29. The van der Waals surface area contributed by atoms with Crippen molar-refractivity contribution in [1.29, 1.82) is 0 Å². The highest BCUT2D eigenvalue weighted by Gasteiger charge is 2.20. The van der Waals surface area contributed by atoms with E-state index in [1.165, 1.54) is 5.56 Å². The molecule has 32 heavy (non-hydrogen) atoms. The van der Waals surface area contributed by atoms with Crippen molar-refractivity contribution in [2.24, 2.45) is 4.99 Å². The van der Waals surface area contributed by atoms with E-state index < -0.39 is 0 Å². The van der Waals surface area contributed by atoms with E-state index in [0.717, 1.165) is 50.5 Å². The van der Waals surface area contributed by atoms with Gasteiger partial charge in [-0.05, 0) is 37.5 Å². The zero-order valence-corrected chi connectivity index (χ0v) is 19.7. The largest absolute Gasteiger partial charge is 0.493 e. The third-order valence-electron chi connectivity index (χ3n) is 5.71. The Bertz CT molecular complexity index is 865. The van der Waals surface area contributed by atoms with Crippen molar-refractivity contribution in [2.75, 3.05) is 41.0 Å². The molecular weight excluding hydrogens is 404 g/mol. The molecule has 7 heteroatoms. The first-order valence-corrected chi connectivity index (χ1v) is 11.3. The molecule has 1 aliphatic heterocycles. The van der Waals surface area contributed by atoms with Crippen LogP contribution in [0.3, 0.4) is 0 Å². The summed E-state index contributed by atoms with van der Waals surface area (Å²) in [5, 5.41) is 6.98. The number of hydrogen-bond acceptors (Lipinski definition) is 5. The fraction of sp³-hybridized carbons (Fsp3) is 0.480. The first-order chi connectivity index (χ1) is 15.7. The minimum Gasteiger partial charge on any atom is -0.493 e. The molecule has 0 radical (unpaired) electrons. The van der Waals surface area contributed by atoms with E-state index in [9.17, 15) is 0 Å². The van der Waals surface area contributed by atoms with Gasteiger partial charge in [0.25, 0.3) is 0 Å². The van der Waals surface area contributed by atoms with Crippen molar-refractivity contribution in [3.63, 3.8) is 0 Å². The molecule has 1 fully saturated rings. The summed E-state index contributed by atoms with van der Waals surface area (Å²) < 4.78 is 16.5. The van der Waals surface area contributed by atoms with Crippen molar-refractivity contribution >= 4 is 5.96 Å². The molecule has 0 spiro atoms. The summed E-state index contributed by atoms with van der Waals surface area (Å²) in [7, 11) is 4.87. The zero-order valence-electron chi connectivity index (χ0n) is 19.7. The quantitative estimate of drug-likeness (QED) is 0.460. The van der Waals surface area contributed by atoms with Crippen LogP contribution in [0.4, 0.5) is 0 Å². The van der Waals surface area contributed by atoms with E-state index in [-0.39, 0.29) is 0 Å². The molecular formula is C25H36N4O3. The molecule has 2 N–H and O–H groups in total. The molecule has 1 aliphatic rings. The lowest BCUT2D eigenvalue weighted by Crippen LogP contribution is -2.48. The lowest BCUT2D eigenvalue weighted by molar-refractivity contribution is 0.198. The highest BCUT2D eigenvalue weighted by Crippen LogP contribution is 2.39. The van der Waals surface area contributed by atoms with Crippen LogP contribution in [-0.4, -0.2) is 57.9 Å². The summed E-state index contributed by atoms with van der Waals surface area (Å²) in [5.41, 5.74) is 2.32. The highest BCUT2D eigenvalue weighted by molar-refractivity contribution is 5.80. The smallest absolute Gasteiger partial charge is 0.203 e. The molecule has 0 saturated carbocycles. The van der Waals surface area contributed by atoms with Gasteiger partial charge in [-0.1, -0.05) is 30.3 Å². The number of hydrogen-bond donors (Lipinski definition) is 2. The third-order valence-corrected chi connectivity index (χ3v) is 5.71. The van der Waals surface area contributed by atoms with Crippen molar-refractivity contribution in [1.82, 2.24) is 15.5 Å². The maximum absolute atomic E-state index is 5.59. The van der Waals surface area contributed by atoms with Crippen LogP contribution in [0.2, 0.25) is 0 Å². The van der Waals surface area contributed by atoms with Gasteiger partial charge in [-0.15, -0.1) is 0 Å². The Kier molecular flexibility index (Phi) is 9.04. The lowest BCUT2D eigenvalue weighted by atomic mass is 10.0. The number of likely N-dealkylation sites (tertiary alicyclic amines) is 1. The molecule has 0 amide bonds. The van der Waals surface area contributed by atoms with Crippen LogP contribution in [0, 0.1) is 0 Å². The number of methoxy groups -OCH3 is 3. The van der Waals surface area contributed by atoms with Crippen molar-refractivity contribution < 1.29 is 14.2 Å². The summed E-state index contributed by atoms with van der Waals surface area (Å²) in [6, 6.07) is 14.9. The lowest BCUT2D eigenvalue weighted by Gasteiger charge is -2.33. The van der Waals surface area contributed by atoms with Gasteiger partial charge in [0, 0.05) is 37.8 Å². The standard InChI is InChI=1S/C25H36N4O3/c1-5-26-25(27-17-20-11-12-22(30-2)24(32-4)23(20)31-3)28-21-13-15-29(16-14-21)18-19-9-7-6-8-10-19/h6-12,21H,5,13-18H2,1-4H3,(H2,26,27,28). The molecule has 0 unspecified atom stereocenters. The van der Waals surface area contributed by atoms with E-state index >= 15 is 0 Å². The summed E-state index contributed by atoms with van der Waals surface area (Å²) in [6.07, 6.45) is 2.19. The number of aliphatic imine (C=N–C) groups is 1. The summed E-state index contributed by atoms with van der Waals surface area (Å²) in [4.78, 5) is 7.33. The predicted octanol–water partition coefficient (Wildman–Crippen LogP) is 3.43. The Morgan fingerprint density at radius 3 is 2.31 bits per heavy atom. The molecule has 1 saturated heterocycles. The van der Waals surface area contributed by atoms with Gasteiger partial charge in [0.05, 0.1) is 27.9 Å². The molecule has 0 atom stereocenters. The van der Waals surface area contributed by atoms with Gasteiger partial charge >= 0.3 is 0 Å². The Morgan fingerprint density at radius 2 is 1.69 bits per heavy atom. The second-order valence-electron chi connectivity index (χ2n) is 7.87. The van der Waals surface area contributed by atoms with E-state index in [1.807, 2.05) is 12.1 Å². The van der Waals surface area contributed by atoms with Crippen LogP contribution in [0.25, 0.3) is 0 Å². The Hall–Kier alpha value is -2.93. The van der Waals surface area contributed by atoms with Gasteiger partial charge in [-0.2, -0.15) is 0 Å². The number of rotatable bonds is 9. The van der Waals surface area contributed by atoms with Gasteiger partial charge < -0.3 is 24.8 Å². The molecule has 1 heterocycles. The molecule has 7 nitrogen and oxygen atoms in total. The van der Waals surface area contributed by atoms with Crippen LogP contribution in [0.5, 0.6) is 17.2 Å². The fourth-order valence-corrected chi connectivity index (χ4v) is 4.04. The minimum atomic E-state index is 0.409. The Labute approximate surface area is 191 Å². The maximum Gasteiger partial charge on any atom is 0.203 e. The first kappa shape index (κ1) is 23.7. The second-order valence-corrected chi connectivity index (χ2v) is 7.87. The molecule has 0 aromatic heterocycles. The van der Waals surface area contributed by atoms with Gasteiger partial charge in [-0.3, -0.25) is 4.90 Å². The summed E-state index contributed by atoms with van der Waals surface area (Å²) >= 11 is 0. The van der Waals surface area contributed by atoms with Crippen LogP contribution in [0.1, 0.15) is 30.9 Å². The molecule has 2 aromatic carbocycles. The number of nitrogens with one attached hydrogen (secondary N) is 2. The van der Waals surface area contributed by atoms with Crippen molar-refractivity contribution in [2.45, 2.75) is 38.9 Å². The van der Waals surface area contributed by atoms with E-state index in [0.29, 0.717) is 29.8 Å². The number of piperidine rings is 1. The zero-order chi connectivity index (χ0) is 22.8. The Balaban J connectivity index is 1.60. The summed E-state index contributed by atoms with van der Waals surface area (Å²) in [6.45, 7) is 6.54. The van der Waals surface area contributed by atoms with Gasteiger partial charge in [0.15, 0.2) is 17.5 Å². The van der Waals surface area contributed by atoms with Gasteiger partial charge in [0.1, 0.15) is 0 Å². The average molecular weight is 441 g/mol. The number of nitrogens with zero attached hydrogens (tertiary/aromatic N) is 2. The predicted molar refractivity (Wildman–Crippen MR) is 129 cm³/mol. The molecule has 2 aromatic rings. The second kappa shape index (κ2) is 12.2. The molecule has 174 valence electrons. The monoisotopic (exact) mass is 440 g/mol. The maximum atomic E-state index is 5.59. The molecule has 0 aliphatic carbocycles. The number of ether oxygens (including phenoxy) is 3. The fourth-order valence-electron chi connectivity index (χ4n) is 4.04. The summed E-state index contributed by atoms with van der Waals surface area (Å²) in [5.74, 6) is 2.71. The molecule has 0 bridgehead atoms. The normalized spacial score (nSPS) is 15.3.